The average Bonchev–Trinajstić information content (AvgIpc) is 3.12. The summed E-state index contributed by atoms with van der Waals surface area (Å²) in [5.74, 6) is -3.54. The van der Waals surface area contributed by atoms with Gasteiger partial charge in [-0.1, -0.05) is 0 Å². The Morgan fingerprint density at radius 1 is 1.16 bits per heavy atom. The van der Waals surface area contributed by atoms with Crippen LogP contribution in [0.15, 0.2) is 6.33 Å². The number of fused-ring (bicyclic) bond motifs is 1. The predicted octanol–water partition coefficient (Wildman–Crippen LogP) is -1.70. The van der Waals surface area contributed by atoms with Crippen molar-refractivity contribution in [1.29, 1.82) is 0 Å². The van der Waals surface area contributed by atoms with E-state index < -0.39 is 46.9 Å². The minimum atomic E-state index is -5.88. The lowest BCUT2D eigenvalue weighted by molar-refractivity contribution is -0.241. The van der Waals surface area contributed by atoms with Crippen LogP contribution in [0.1, 0.15) is 19.9 Å². The molecule has 0 saturated heterocycles. The summed E-state index contributed by atoms with van der Waals surface area (Å²) in [5.41, 5.74) is 5.86. The molecular weight excluding hydrogens is 568 g/mol. The van der Waals surface area contributed by atoms with Crippen LogP contribution < -0.4 is 10.5 Å². The molecule has 2 aromatic heterocycles. The molecule has 0 aromatic carbocycles. The van der Waals surface area contributed by atoms with Gasteiger partial charge >= 0.3 is 23.5 Å². The fourth-order valence-corrected chi connectivity index (χ4v) is 6.61. The van der Waals surface area contributed by atoms with Crippen LogP contribution in [-0.4, -0.2) is 91.0 Å². The smallest absolute Gasteiger partial charge is 0.476 e. The van der Waals surface area contributed by atoms with E-state index in [2.05, 4.69) is 28.1 Å². The van der Waals surface area contributed by atoms with E-state index in [4.69, 9.17) is 25.0 Å². The van der Waals surface area contributed by atoms with Crippen LogP contribution in [-0.2, 0) is 31.6 Å². The van der Waals surface area contributed by atoms with Gasteiger partial charge in [-0.15, -0.1) is 0 Å². The third kappa shape index (κ3) is 7.35. The molecule has 18 nitrogen and oxygen atoms in total. The highest BCUT2D eigenvalue weighted by molar-refractivity contribution is 7.66. The van der Waals surface area contributed by atoms with Crippen LogP contribution in [0, 0.1) is 0 Å². The van der Waals surface area contributed by atoms with E-state index >= 15 is 4.39 Å². The van der Waals surface area contributed by atoms with Crippen molar-refractivity contribution < 1.29 is 65.4 Å². The second kappa shape index (κ2) is 11.0. The van der Waals surface area contributed by atoms with Crippen molar-refractivity contribution in [3.63, 3.8) is 0 Å². The van der Waals surface area contributed by atoms with Gasteiger partial charge in [-0.2, -0.15) is 18.6 Å². The van der Waals surface area contributed by atoms with Crippen molar-refractivity contribution in [1.82, 2.24) is 19.5 Å². The van der Waals surface area contributed by atoms with E-state index in [9.17, 15) is 28.6 Å². The minimum Gasteiger partial charge on any atom is -0.476 e. The van der Waals surface area contributed by atoms with E-state index in [-0.39, 0.29) is 29.6 Å². The number of nitrogen functional groups attached to an aromatic ring is 1. The first-order valence-corrected chi connectivity index (χ1v) is 14.6. The quantitative estimate of drug-likeness (QED) is 0.112. The predicted molar refractivity (Wildman–Crippen MR) is 127 cm³/mol. The topological polar surface area (TPSA) is 268 Å². The first kappa shape index (κ1) is 31.8. The number of aromatic nitrogens is 4. The average molecular weight is 593 g/mol. The Morgan fingerprint density at radius 3 is 2.27 bits per heavy atom. The molecule has 0 amide bonds. The number of imidazole rings is 1. The third-order valence-electron chi connectivity index (χ3n) is 4.84. The van der Waals surface area contributed by atoms with Gasteiger partial charge in [-0.25, -0.2) is 23.1 Å². The molecule has 0 fully saturated rings. The summed E-state index contributed by atoms with van der Waals surface area (Å²) in [5, 5.41) is 8.31. The van der Waals surface area contributed by atoms with Gasteiger partial charge in [0, 0.05) is 7.11 Å². The van der Waals surface area contributed by atoms with Crippen LogP contribution in [0.5, 0.6) is 5.88 Å². The van der Waals surface area contributed by atoms with Crippen LogP contribution in [0.25, 0.3) is 11.2 Å². The summed E-state index contributed by atoms with van der Waals surface area (Å²) in [6, 6.07) is -1.29. The Balaban J connectivity index is 2.40. The lowest BCUT2D eigenvalue weighted by Crippen LogP contribution is -2.63. The Kier molecular flexibility index (Phi) is 9.41. The number of anilines is 1. The van der Waals surface area contributed by atoms with Crippen LogP contribution in [0.4, 0.5) is 10.3 Å². The van der Waals surface area contributed by atoms with Crippen LogP contribution in [0.2, 0.25) is 0 Å². The number of hydrogen-bond acceptors (Lipinski definition) is 13. The summed E-state index contributed by atoms with van der Waals surface area (Å²) < 4.78 is 74.2. The van der Waals surface area contributed by atoms with Crippen molar-refractivity contribution in [2.45, 2.75) is 37.2 Å². The number of halogens is 1. The van der Waals surface area contributed by atoms with Crippen molar-refractivity contribution >= 4 is 56.3 Å². The molecule has 208 valence electrons. The molecule has 0 spiro atoms. The lowest BCUT2D eigenvalue weighted by atomic mass is 9.59. The molecule has 0 radical (unpaired) electrons. The number of phosphoric acid groups is 3. The van der Waals surface area contributed by atoms with Crippen molar-refractivity contribution in [2.75, 3.05) is 19.5 Å². The zero-order valence-electron chi connectivity index (χ0n) is 20.0. The van der Waals surface area contributed by atoms with Gasteiger partial charge in [0.1, 0.15) is 21.8 Å². The number of alkyl halides is 1. The molecule has 2 rings (SSSR count). The Morgan fingerprint density at radius 2 is 1.76 bits per heavy atom. The molecule has 24 heteroatoms. The number of nitrogens with zero attached hydrogens (tertiary/aromatic N) is 4. The second-order valence-corrected chi connectivity index (χ2v) is 12.2. The largest absolute Gasteiger partial charge is 0.490 e. The number of methoxy groups -OCH3 is 1. The van der Waals surface area contributed by atoms with E-state index in [1.54, 1.807) is 6.92 Å². The van der Waals surface area contributed by atoms with Crippen molar-refractivity contribution in [3.05, 3.63) is 6.33 Å². The highest BCUT2D eigenvalue weighted by atomic mass is 31.3. The Labute approximate surface area is 210 Å². The van der Waals surface area contributed by atoms with Gasteiger partial charge < -0.3 is 44.5 Å². The normalized spacial score (nSPS) is 19.5. The first-order chi connectivity index (χ1) is 16.7. The monoisotopic (exact) mass is 593 g/mol. The van der Waals surface area contributed by atoms with Gasteiger partial charge in [-0.05, 0) is 13.8 Å². The molecule has 2 heterocycles. The van der Waals surface area contributed by atoms with Crippen molar-refractivity contribution in [3.8, 4) is 5.88 Å². The van der Waals surface area contributed by atoms with Gasteiger partial charge in [0.25, 0.3) is 5.85 Å². The Hall–Kier alpha value is -1.46. The SMILES string of the molecule is BC(B)(OP(=O)(O)OP(=O)(O)OP(=O)(O)O)[C@@](F)(OC)[C@@H](O)[C@H](C)n1cnc2c(OCC)nc(N)nc21. The number of aliphatic hydroxyl groups excluding tert-OH is 1. The van der Waals surface area contributed by atoms with Crippen LogP contribution >= 0.6 is 23.5 Å². The van der Waals surface area contributed by atoms with E-state index in [1.165, 1.54) is 17.8 Å². The molecule has 2 aromatic rings. The van der Waals surface area contributed by atoms with Crippen LogP contribution in [0.3, 0.4) is 0 Å². The third-order valence-corrected chi connectivity index (χ3v) is 8.86. The fraction of sp³-hybridized carbons (Fsp3) is 0.615. The maximum atomic E-state index is 16.2. The first-order valence-electron chi connectivity index (χ1n) is 10.1. The molecule has 37 heavy (non-hydrogen) atoms. The lowest BCUT2D eigenvalue weighted by Gasteiger charge is -2.44. The highest BCUT2D eigenvalue weighted by Crippen LogP contribution is 2.67. The molecule has 7 N–H and O–H groups in total. The van der Waals surface area contributed by atoms with Gasteiger partial charge in [0.2, 0.25) is 11.8 Å². The maximum absolute atomic E-state index is 16.2. The summed E-state index contributed by atoms with van der Waals surface area (Å²) in [4.78, 5) is 48.5. The van der Waals surface area contributed by atoms with E-state index in [1.807, 2.05) is 0 Å². The van der Waals surface area contributed by atoms with E-state index in [0.29, 0.717) is 0 Å². The number of hydrogen-bond donors (Lipinski definition) is 6. The molecular formula is C13H25B2FN5O13P3. The molecule has 0 aliphatic heterocycles. The minimum absolute atomic E-state index is 0.0247. The van der Waals surface area contributed by atoms with Gasteiger partial charge in [-0.3, -0.25) is 4.52 Å². The summed E-state index contributed by atoms with van der Waals surface area (Å²) in [6.07, 6.45) is -1.05. The summed E-state index contributed by atoms with van der Waals surface area (Å²) in [7, 11) is -14.9. The second-order valence-electron chi connectivity index (χ2n) is 7.87. The molecule has 0 bridgehead atoms. The van der Waals surface area contributed by atoms with E-state index in [0.717, 1.165) is 22.8 Å². The van der Waals surface area contributed by atoms with Gasteiger partial charge in [0.15, 0.2) is 11.2 Å². The maximum Gasteiger partial charge on any atom is 0.490 e. The molecule has 0 saturated carbocycles. The fourth-order valence-electron chi connectivity index (χ4n) is 3.27. The number of aliphatic hydroxyl groups is 1. The molecule has 0 aliphatic rings. The molecule has 0 aliphatic carbocycles. The zero-order valence-corrected chi connectivity index (χ0v) is 22.7. The zero-order chi connectivity index (χ0) is 28.6. The number of nitrogens with two attached hydrogens (primary N) is 1. The number of rotatable bonds is 13. The summed E-state index contributed by atoms with van der Waals surface area (Å²) >= 11 is 0. The Bertz CT molecular complexity index is 1280. The van der Waals surface area contributed by atoms with Crippen molar-refractivity contribution in [2.24, 2.45) is 0 Å². The number of ether oxygens (including phenoxy) is 2. The number of phosphoric ester groups is 1. The highest BCUT2D eigenvalue weighted by Gasteiger charge is 2.58. The summed E-state index contributed by atoms with van der Waals surface area (Å²) in [6.45, 7) is 3.20. The standard InChI is InChI=1S/C13H25B2FN5O13P3/c1-4-31-10-7-9(19-11(17)20-10)21(5-18-7)6(2)8(22)12(16,30-3)13(14,15)32-36(26,27)34-37(28,29)33-35(23,24)25/h5-6,8,22H,4,14-15H2,1-3H3,(H,26,27)(H,28,29)(H2,17,19,20)(H2,23,24,25)/t6-,8-,12-/m0/s1. The molecule has 5 atom stereocenters. The molecule has 2 unspecified atom stereocenters. The van der Waals surface area contributed by atoms with Gasteiger partial charge in [0.05, 0.1) is 24.4 Å².